The molecular formula is C22H29N3O6. The lowest BCUT2D eigenvalue weighted by molar-refractivity contribution is -0.384. The Kier molecular flexibility index (Phi) is 6.41. The van der Waals surface area contributed by atoms with Gasteiger partial charge in [0.25, 0.3) is 11.6 Å². The number of rotatable bonds is 7. The number of ether oxygens (including phenoxy) is 2. The number of carbonyl (C=O) groups excluding carboxylic acids is 2. The molecule has 3 fully saturated rings. The molecule has 3 aliphatic rings. The van der Waals surface area contributed by atoms with Gasteiger partial charge in [0, 0.05) is 31.3 Å². The molecule has 0 radical (unpaired) electrons. The summed E-state index contributed by atoms with van der Waals surface area (Å²) in [5.74, 6) is 0.876. The first-order chi connectivity index (χ1) is 14.9. The lowest BCUT2D eigenvalue weighted by atomic mass is 9.84. The SMILES string of the molecule is CC(NC(=O)COC(=O)c1cc([N+](=O)[O-])ccc1N1CCOCC1)C1CC2CCC1C2. The van der Waals surface area contributed by atoms with E-state index >= 15 is 0 Å². The number of amides is 1. The number of carbonyl (C=O) groups is 2. The minimum atomic E-state index is -0.743. The molecule has 1 aliphatic heterocycles. The predicted octanol–water partition coefficient (Wildman–Crippen LogP) is 2.53. The first kappa shape index (κ1) is 21.5. The summed E-state index contributed by atoms with van der Waals surface area (Å²) in [7, 11) is 0. The van der Waals surface area contributed by atoms with Crippen molar-refractivity contribution in [3.8, 4) is 0 Å². The topological polar surface area (TPSA) is 111 Å². The van der Waals surface area contributed by atoms with Crippen molar-refractivity contribution >= 4 is 23.3 Å². The first-order valence-corrected chi connectivity index (χ1v) is 11.0. The number of benzene rings is 1. The third-order valence-electron chi connectivity index (χ3n) is 6.92. The van der Waals surface area contributed by atoms with Crippen molar-refractivity contribution in [3.05, 3.63) is 33.9 Å². The van der Waals surface area contributed by atoms with E-state index in [1.807, 2.05) is 11.8 Å². The van der Waals surface area contributed by atoms with E-state index in [9.17, 15) is 19.7 Å². The van der Waals surface area contributed by atoms with Gasteiger partial charge in [0.2, 0.25) is 0 Å². The lowest BCUT2D eigenvalue weighted by Gasteiger charge is -2.30. The second-order valence-corrected chi connectivity index (χ2v) is 8.83. The van der Waals surface area contributed by atoms with Crippen molar-refractivity contribution in [2.24, 2.45) is 17.8 Å². The standard InChI is InChI=1S/C22H29N3O6/c1-14(18-11-15-2-3-16(18)10-15)23-21(26)13-31-22(27)19-12-17(25(28)29)4-5-20(19)24-6-8-30-9-7-24/h4-5,12,14-16,18H,2-3,6-11,13H2,1H3,(H,23,26). The van der Waals surface area contributed by atoms with E-state index in [4.69, 9.17) is 9.47 Å². The molecule has 1 aromatic rings. The van der Waals surface area contributed by atoms with E-state index in [0.29, 0.717) is 43.8 Å². The average molecular weight is 431 g/mol. The molecule has 1 amide bonds. The van der Waals surface area contributed by atoms with Crippen LogP contribution in [0.25, 0.3) is 0 Å². The maximum Gasteiger partial charge on any atom is 0.341 e. The molecule has 168 valence electrons. The molecule has 2 saturated carbocycles. The Morgan fingerprint density at radius 1 is 1.29 bits per heavy atom. The molecule has 4 atom stereocenters. The normalized spacial score (nSPS) is 25.8. The van der Waals surface area contributed by atoms with Gasteiger partial charge >= 0.3 is 5.97 Å². The van der Waals surface area contributed by atoms with Gasteiger partial charge in [0.05, 0.1) is 29.4 Å². The van der Waals surface area contributed by atoms with Crippen LogP contribution in [0, 0.1) is 27.9 Å². The monoisotopic (exact) mass is 431 g/mol. The zero-order valence-corrected chi connectivity index (χ0v) is 17.7. The third kappa shape index (κ3) is 4.81. The number of hydrogen-bond donors (Lipinski definition) is 1. The van der Waals surface area contributed by atoms with Crippen LogP contribution in [0.4, 0.5) is 11.4 Å². The summed E-state index contributed by atoms with van der Waals surface area (Å²) in [6.45, 7) is 3.76. The number of non-ortho nitro benzene ring substituents is 1. The molecule has 1 aromatic carbocycles. The Hall–Kier alpha value is -2.68. The fourth-order valence-corrected chi connectivity index (χ4v) is 5.40. The Morgan fingerprint density at radius 3 is 2.71 bits per heavy atom. The van der Waals surface area contributed by atoms with Gasteiger partial charge in [-0.1, -0.05) is 6.42 Å². The lowest BCUT2D eigenvalue weighted by Crippen LogP contribution is -2.42. The van der Waals surface area contributed by atoms with E-state index in [1.54, 1.807) is 6.07 Å². The van der Waals surface area contributed by atoms with Gasteiger partial charge in [-0.25, -0.2) is 4.79 Å². The van der Waals surface area contributed by atoms with Crippen molar-refractivity contribution in [2.75, 3.05) is 37.8 Å². The van der Waals surface area contributed by atoms with Gasteiger partial charge < -0.3 is 19.7 Å². The van der Waals surface area contributed by atoms with Gasteiger partial charge in [-0.15, -0.1) is 0 Å². The van der Waals surface area contributed by atoms with Crippen LogP contribution in [0.15, 0.2) is 18.2 Å². The predicted molar refractivity (Wildman–Crippen MR) is 113 cm³/mol. The first-order valence-electron chi connectivity index (χ1n) is 11.0. The molecule has 1 N–H and O–H groups in total. The largest absolute Gasteiger partial charge is 0.452 e. The van der Waals surface area contributed by atoms with Gasteiger partial charge in [-0.05, 0) is 50.0 Å². The fraction of sp³-hybridized carbons (Fsp3) is 0.636. The van der Waals surface area contributed by atoms with Gasteiger partial charge in [0.15, 0.2) is 6.61 Å². The number of nitro groups is 1. The van der Waals surface area contributed by atoms with Crippen LogP contribution in [0.5, 0.6) is 0 Å². The summed E-state index contributed by atoms with van der Waals surface area (Å²) >= 11 is 0. The average Bonchev–Trinajstić information content (AvgIpc) is 3.41. The van der Waals surface area contributed by atoms with Crippen molar-refractivity contribution in [3.63, 3.8) is 0 Å². The summed E-state index contributed by atoms with van der Waals surface area (Å²) in [5.41, 5.74) is 0.443. The molecule has 9 heteroatoms. The highest BCUT2D eigenvalue weighted by atomic mass is 16.6. The number of nitro benzene ring substituents is 1. The number of nitrogens with one attached hydrogen (secondary N) is 1. The molecule has 4 unspecified atom stereocenters. The Bertz CT molecular complexity index is 854. The zero-order valence-electron chi connectivity index (χ0n) is 17.7. The van der Waals surface area contributed by atoms with E-state index < -0.39 is 17.5 Å². The Balaban J connectivity index is 1.38. The highest BCUT2D eigenvalue weighted by molar-refractivity contribution is 5.97. The molecule has 31 heavy (non-hydrogen) atoms. The van der Waals surface area contributed by atoms with Crippen LogP contribution in [0.1, 0.15) is 43.0 Å². The second-order valence-electron chi connectivity index (χ2n) is 8.83. The molecule has 1 heterocycles. The van der Waals surface area contributed by atoms with Crippen LogP contribution in [-0.2, 0) is 14.3 Å². The number of fused-ring (bicyclic) bond motifs is 2. The van der Waals surface area contributed by atoms with Crippen molar-refractivity contribution < 1.29 is 24.0 Å². The van der Waals surface area contributed by atoms with E-state index in [2.05, 4.69) is 5.32 Å². The quantitative estimate of drug-likeness (QED) is 0.401. The minimum Gasteiger partial charge on any atom is -0.452 e. The number of hydrogen-bond acceptors (Lipinski definition) is 7. The summed E-state index contributed by atoms with van der Waals surface area (Å²) in [4.78, 5) is 37.7. The zero-order chi connectivity index (χ0) is 22.0. The molecule has 0 aromatic heterocycles. The van der Waals surface area contributed by atoms with E-state index in [1.165, 1.54) is 31.4 Å². The van der Waals surface area contributed by atoms with Crippen LogP contribution in [-0.4, -0.2) is 55.8 Å². The minimum absolute atomic E-state index is 0.0447. The van der Waals surface area contributed by atoms with Crippen LogP contribution in [0.2, 0.25) is 0 Å². The third-order valence-corrected chi connectivity index (χ3v) is 6.92. The maximum absolute atomic E-state index is 12.8. The molecule has 9 nitrogen and oxygen atoms in total. The molecule has 2 aliphatic carbocycles. The fourth-order valence-electron chi connectivity index (χ4n) is 5.40. The molecular weight excluding hydrogens is 402 g/mol. The summed E-state index contributed by atoms with van der Waals surface area (Å²) in [6, 6.07) is 4.18. The number of morpholine rings is 1. The van der Waals surface area contributed by atoms with Gasteiger partial charge in [-0.2, -0.15) is 0 Å². The van der Waals surface area contributed by atoms with E-state index in [-0.39, 0.29) is 23.2 Å². The van der Waals surface area contributed by atoms with Crippen molar-refractivity contribution in [1.29, 1.82) is 0 Å². The summed E-state index contributed by atoms with van der Waals surface area (Å²) < 4.78 is 10.6. The van der Waals surface area contributed by atoms with Gasteiger partial charge in [-0.3, -0.25) is 14.9 Å². The molecule has 4 rings (SSSR count). The number of anilines is 1. The van der Waals surface area contributed by atoms with Crippen LogP contribution in [0.3, 0.4) is 0 Å². The molecule has 2 bridgehead atoms. The number of nitrogens with zero attached hydrogens (tertiary/aromatic N) is 2. The second kappa shape index (κ2) is 9.21. The number of esters is 1. The highest BCUT2D eigenvalue weighted by Crippen LogP contribution is 2.49. The Labute approximate surface area is 181 Å². The summed E-state index contributed by atoms with van der Waals surface area (Å²) in [6.07, 6.45) is 4.95. The van der Waals surface area contributed by atoms with E-state index in [0.717, 1.165) is 12.3 Å². The van der Waals surface area contributed by atoms with Crippen LogP contribution < -0.4 is 10.2 Å². The smallest absolute Gasteiger partial charge is 0.341 e. The molecule has 0 spiro atoms. The van der Waals surface area contributed by atoms with Crippen LogP contribution >= 0.6 is 0 Å². The maximum atomic E-state index is 12.8. The Morgan fingerprint density at radius 2 is 2.06 bits per heavy atom. The highest BCUT2D eigenvalue weighted by Gasteiger charge is 2.42. The van der Waals surface area contributed by atoms with Crippen molar-refractivity contribution in [2.45, 2.75) is 38.6 Å². The van der Waals surface area contributed by atoms with Gasteiger partial charge in [0.1, 0.15) is 0 Å². The summed E-state index contributed by atoms with van der Waals surface area (Å²) in [5, 5.41) is 14.2. The van der Waals surface area contributed by atoms with Crippen molar-refractivity contribution in [1.82, 2.24) is 5.32 Å². The molecule has 1 saturated heterocycles.